The molecule has 0 aliphatic carbocycles. The van der Waals surface area contributed by atoms with Crippen LogP contribution in [0, 0.1) is 6.92 Å². The summed E-state index contributed by atoms with van der Waals surface area (Å²) < 4.78 is 24.3. The number of rotatable bonds is 3. The molecule has 2 heterocycles. The zero-order valence-corrected chi connectivity index (χ0v) is 13.5. The van der Waals surface area contributed by atoms with Crippen molar-refractivity contribution in [2.45, 2.75) is 25.8 Å². The number of aromatic nitrogens is 1. The van der Waals surface area contributed by atoms with Gasteiger partial charge in [0.05, 0.1) is 6.26 Å². The van der Waals surface area contributed by atoms with Crippen LogP contribution in [0.3, 0.4) is 0 Å². The number of halogens is 1. The molecule has 116 valence electrons. The Morgan fingerprint density at radius 2 is 2.00 bits per heavy atom. The van der Waals surface area contributed by atoms with Gasteiger partial charge in [-0.3, -0.25) is 4.79 Å². The lowest BCUT2D eigenvalue weighted by Crippen LogP contribution is -2.46. The van der Waals surface area contributed by atoms with Gasteiger partial charge in [-0.25, -0.2) is 17.7 Å². The standard InChI is InChI=1S/C13H18ClN3O3S/c1-9-3-4-11(14)16-12(9)13(18)15-10-5-7-17(8-6-10)21(2,19)20/h3-4,10H,5-8H2,1-2H3,(H,15,18). The van der Waals surface area contributed by atoms with E-state index in [9.17, 15) is 13.2 Å². The minimum atomic E-state index is -3.15. The second-order valence-electron chi connectivity index (χ2n) is 5.21. The van der Waals surface area contributed by atoms with Gasteiger partial charge in [0.1, 0.15) is 10.8 Å². The maximum Gasteiger partial charge on any atom is 0.270 e. The number of hydrogen-bond donors (Lipinski definition) is 1. The first kappa shape index (κ1) is 16.2. The zero-order chi connectivity index (χ0) is 15.6. The zero-order valence-electron chi connectivity index (χ0n) is 12.0. The highest BCUT2D eigenvalue weighted by Gasteiger charge is 2.26. The minimum absolute atomic E-state index is 0.0457. The molecule has 6 nitrogen and oxygen atoms in total. The van der Waals surface area contributed by atoms with E-state index in [1.165, 1.54) is 10.6 Å². The van der Waals surface area contributed by atoms with Gasteiger partial charge in [0.2, 0.25) is 10.0 Å². The Morgan fingerprint density at radius 1 is 1.38 bits per heavy atom. The van der Waals surface area contributed by atoms with E-state index in [-0.39, 0.29) is 17.1 Å². The van der Waals surface area contributed by atoms with Gasteiger partial charge in [-0.15, -0.1) is 0 Å². The van der Waals surface area contributed by atoms with Gasteiger partial charge >= 0.3 is 0 Å². The van der Waals surface area contributed by atoms with Crippen LogP contribution in [0.15, 0.2) is 12.1 Å². The molecule has 1 saturated heterocycles. The summed E-state index contributed by atoms with van der Waals surface area (Å²) in [4.78, 5) is 16.2. The Morgan fingerprint density at radius 3 is 2.57 bits per heavy atom. The molecular formula is C13H18ClN3O3S. The van der Waals surface area contributed by atoms with Crippen molar-refractivity contribution in [3.8, 4) is 0 Å². The molecule has 0 unspecified atom stereocenters. The first-order valence-corrected chi connectivity index (χ1v) is 8.89. The van der Waals surface area contributed by atoms with Crippen molar-refractivity contribution < 1.29 is 13.2 Å². The molecule has 0 radical (unpaired) electrons. The van der Waals surface area contributed by atoms with Gasteiger partial charge in [0.25, 0.3) is 5.91 Å². The van der Waals surface area contributed by atoms with E-state index >= 15 is 0 Å². The second kappa shape index (κ2) is 6.29. The number of pyridine rings is 1. The first-order valence-electron chi connectivity index (χ1n) is 6.66. The van der Waals surface area contributed by atoms with Crippen molar-refractivity contribution >= 4 is 27.5 Å². The summed E-state index contributed by atoms with van der Waals surface area (Å²) in [5.41, 5.74) is 1.07. The highest BCUT2D eigenvalue weighted by atomic mass is 35.5. The predicted octanol–water partition coefficient (Wildman–Crippen LogP) is 1.20. The average Bonchev–Trinajstić information content (AvgIpc) is 2.41. The summed E-state index contributed by atoms with van der Waals surface area (Å²) in [5.74, 6) is -0.271. The van der Waals surface area contributed by atoms with E-state index in [0.717, 1.165) is 5.56 Å². The topological polar surface area (TPSA) is 79.4 Å². The number of nitrogens with zero attached hydrogens (tertiary/aromatic N) is 2. The molecule has 21 heavy (non-hydrogen) atoms. The number of aryl methyl sites for hydroxylation is 1. The number of piperidine rings is 1. The van der Waals surface area contributed by atoms with Gasteiger partial charge in [0.15, 0.2) is 0 Å². The van der Waals surface area contributed by atoms with Crippen LogP contribution in [0.1, 0.15) is 28.9 Å². The molecule has 0 spiro atoms. The average molecular weight is 332 g/mol. The van der Waals surface area contributed by atoms with Crippen LogP contribution in [0.4, 0.5) is 0 Å². The molecule has 1 aromatic heterocycles. The van der Waals surface area contributed by atoms with Crippen molar-refractivity contribution in [1.29, 1.82) is 0 Å². The monoisotopic (exact) mass is 331 g/mol. The molecule has 0 bridgehead atoms. The van der Waals surface area contributed by atoms with Crippen LogP contribution in [0.2, 0.25) is 5.15 Å². The first-order chi connectivity index (χ1) is 9.77. The lowest BCUT2D eigenvalue weighted by atomic mass is 10.1. The Balaban J connectivity index is 1.97. The largest absolute Gasteiger partial charge is 0.348 e. The summed E-state index contributed by atoms with van der Waals surface area (Å²) in [5, 5.41) is 3.17. The summed E-state index contributed by atoms with van der Waals surface area (Å²) in [6, 6.07) is 3.34. The SMILES string of the molecule is Cc1ccc(Cl)nc1C(=O)NC1CCN(S(C)(=O)=O)CC1. The fraction of sp³-hybridized carbons (Fsp3) is 0.538. The van der Waals surface area contributed by atoms with Crippen molar-refractivity contribution in [3.63, 3.8) is 0 Å². The maximum absolute atomic E-state index is 12.2. The van der Waals surface area contributed by atoms with E-state index in [1.807, 2.05) is 0 Å². The number of sulfonamides is 1. The molecular weight excluding hydrogens is 314 g/mol. The fourth-order valence-corrected chi connectivity index (χ4v) is 3.34. The fourth-order valence-electron chi connectivity index (χ4n) is 2.32. The molecule has 1 fully saturated rings. The lowest BCUT2D eigenvalue weighted by Gasteiger charge is -2.30. The van der Waals surface area contributed by atoms with Crippen molar-refractivity contribution in [1.82, 2.24) is 14.6 Å². The van der Waals surface area contributed by atoms with Gasteiger partial charge in [-0.2, -0.15) is 0 Å². The number of hydrogen-bond acceptors (Lipinski definition) is 4. The summed E-state index contributed by atoms with van der Waals surface area (Å²) >= 11 is 5.81. The van der Waals surface area contributed by atoms with E-state index in [2.05, 4.69) is 10.3 Å². The van der Waals surface area contributed by atoms with Crippen LogP contribution in [-0.4, -0.2) is 49.0 Å². The normalized spacial score (nSPS) is 17.7. The number of amides is 1. The molecule has 0 saturated carbocycles. The molecule has 8 heteroatoms. The predicted molar refractivity (Wildman–Crippen MR) is 80.9 cm³/mol. The van der Waals surface area contributed by atoms with Crippen LogP contribution >= 0.6 is 11.6 Å². The van der Waals surface area contributed by atoms with Gasteiger partial charge < -0.3 is 5.32 Å². The van der Waals surface area contributed by atoms with Crippen molar-refractivity contribution in [2.24, 2.45) is 0 Å². The Labute approximate surface area is 129 Å². The number of carbonyl (C=O) groups excluding carboxylic acids is 1. The smallest absolute Gasteiger partial charge is 0.270 e. The third kappa shape index (κ3) is 4.15. The molecule has 1 N–H and O–H groups in total. The Bertz CT molecular complexity index is 640. The Hall–Kier alpha value is -1.18. The maximum atomic E-state index is 12.2. The van der Waals surface area contributed by atoms with Crippen LogP contribution < -0.4 is 5.32 Å². The molecule has 0 aromatic carbocycles. The number of nitrogens with one attached hydrogen (secondary N) is 1. The summed E-state index contributed by atoms with van der Waals surface area (Å²) in [6.07, 6.45) is 2.39. The highest BCUT2D eigenvalue weighted by molar-refractivity contribution is 7.88. The molecule has 0 atom stereocenters. The summed E-state index contributed by atoms with van der Waals surface area (Å²) in [7, 11) is -3.15. The van der Waals surface area contributed by atoms with E-state index in [1.54, 1.807) is 19.1 Å². The van der Waals surface area contributed by atoms with Crippen LogP contribution in [0.25, 0.3) is 0 Å². The highest BCUT2D eigenvalue weighted by Crippen LogP contribution is 2.15. The molecule has 1 aliphatic rings. The third-order valence-electron chi connectivity index (χ3n) is 3.54. The van der Waals surface area contributed by atoms with Crippen molar-refractivity contribution in [3.05, 3.63) is 28.5 Å². The third-order valence-corrected chi connectivity index (χ3v) is 5.05. The minimum Gasteiger partial charge on any atom is -0.348 e. The van der Waals surface area contributed by atoms with Crippen molar-refractivity contribution in [2.75, 3.05) is 19.3 Å². The van der Waals surface area contributed by atoms with Gasteiger partial charge in [-0.05, 0) is 31.4 Å². The Kier molecular flexibility index (Phi) is 4.85. The lowest BCUT2D eigenvalue weighted by molar-refractivity contribution is 0.0918. The van der Waals surface area contributed by atoms with Gasteiger partial charge in [-0.1, -0.05) is 17.7 Å². The van der Waals surface area contributed by atoms with E-state index in [4.69, 9.17) is 11.6 Å². The molecule has 1 amide bonds. The number of carbonyl (C=O) groups is 1. The molecule has 1 aromatic rings. The van der Waals surface area contributed by atoms with Gasteiger partial charge in [0, 0.05) is 19.1 Å². The van der Waals surface area contributed by atoms with Crippen LogP contribution in [0.5, 0.6) is 0 Å². The van der Waals surface area contributed by atoms with E-state index < -0.39 is 10.0 Å². The molecule has 1 aliphatic heterocycles. The quantitative estimate of drug-likeness (QED) is 0.844. The van der Waals surface area contributed by atoms with Crippen LogP contribution in [-0.2, 0) is 10.0 Å². The molecule has 2 rings (SSSR count). The van der Waals surface area contributed by atoms with E-state index in [0.29, 0.717) is 31.6 Å². The summed E-state index contributed by atoms with van der Waals surface area (Å²) in [6.45, 7) is 2.64. The second-order valence-corrected chi connectivity index (χ2v) is 7.58.